The number of carbonyl (C=O) groups excluding carboxylic acids is 1. The predicted molar refractivity (Wildman–Crippen MR) is 66.6 cm³/mol. The molecule has 82 valence electrons. The third-order valence-electron chi connectivity index (χ3n) is 2.43. The molecule has 0 aliphatic rings. The first-order chi connectivity index (χ1) is 7.72. The summed E-state index contributed by atoms with van der Waals surface area (Å²) in [4.78, 5) is 22.0. The Hall–Kier alpha value is -1.42. The van der Waals surface area contributed by atoms with Crippen LogP contribution in [0.3, 0.4) is 0 Å². The second-order valence-corrected chi connectivity index (χ2v) is 4.40. The Labute approximate surface area is 101 Å². The molecular formula is C12H10BrNO2. The molecule has 0 radical (unpaired) electrons. The third-order valence-corrected chi connectivity index (χ3v) is 2.92. The highest BCUT2D eigenvalue weighted by Gasteiger charge is 2.02. The van der Waals surface area contributed by atoms with Crippen LogP contribution in [0.1, 0.15) is 6.42 Å². The Morgan fingerprint density at radius 3 is 2.75 bits per heavy atom. The number of fused-ring (bicyclic) bond motifs is 1. The van der Waals surface area contributed by atoms with Gasteiger partial charge in [-0.1, -0.05) is 22.0 Å². The number of aromatic nitrogens is 1. The largest absolute Gasteiger partial charge is 0.308 e. The Balaban J connectivity index is 2.67. The topological polar surface area (TPSA) is 39.1 Å². The molecule has 0 saturated carbocycles. The highest BCUT2D eigenvalue weighted by atomic mass is 79.9. The van der Waals surface area contributed by atoms with Gasteiger partial charge in [-0.25, -0.2) is 0 Å². The van der Waals surface area contributed by atoms with Gasteiger partial charge in [-0.2, -0.15) is 0 Å². The molecule has 16 heavy (non-hydrogen) atoms. The zero-order chi connectivity index (χ0) is 11.5. The van der Waals surface area contributed by atoms with Crippen LogP contribution in [0.5, 0.6) is 0 Å². The Kier molecular flexibility index (Phi) is 3.19. The minimum absolute atomic E-state index is 0.0764. The summed E-state index contributed by atoms with van der Waals surface area (Å²) in [5.41, 5.74) is 0.774. The molecule has 0 atom stereocenters. The van der Waals surface area contributed by atoms with Crippen LogP contribution in [0.4, 0.5) is 0 Å². The minimum Gasteiger partial charge on any atom is -0.308 e. The summed E-state index contributed by atoms with van der Waals surface area (Å²) in [6.45, 7) is 0.427. The highest BCUT2D eigenvalue weighted by Crippen LogP contribution is 2.18. The van der Waals surface area contributed by atoms with Crippen molar-refractivity contribution in [3.8, 4) is 0 Å². The number of rotatable bonds is 3. The maximum atomic E-state index is 11.7. The van der Waals surface area contributed by atoms with Crippen LogP contribution in [0, 0.1) is 0 Å². The molecule has 0 N–H and O–H groups in total. The van der Waals surface area contributed by atoms with Gasteiger partial charge >= 0.3 is 0 Å². The van der Waals surface area contributed by atoms with Gasteiger partial charge in [0.15, 0.2) is 0 Å². The number of pyridine rings is 1. The maximum Gasteiger partial charge on any atom is 0.251 e. The van der Waals surface area contributed by atoms with Crippen molar-refractivity contribution in [3.63, 3.8) is 0 Å². The fourth-order valence-electron chi connectivity index (χ4n) is 1.67. The van der Waals surface area contributed by atoms with Gasteiger partial charge in [-0.3, -0.25) is 4.79 Å². The normalized spacial score (nSPS) is 10.6. The number of halogens is 1. The van der Waals surface area contributed by atoms with Crippen LogP contribution >= 0.6 is 15.9 Å². The maximum absolute atomic E-state index is 11.7. The van der Waals surface area contributed by atoms with Gasteiger partial charge < -0.3 is 9.36 Å². The summed E-state index contributed by atoms with van der Waals surface area (Å²) in [5.74, 6) is 0. The average molecular weight is 280 g/mol. The van der Waals surface area contributed by atoms with Gasteiger partial charge in [-0.15, -0.1) is 0 Å². The molecule has 0 fully saturated rings. The lowest BCUT2D eigenvalue weighted by molar-refractivity contribution is -0.108. The molecule has 3 nitrogen and oxygen atoms in total. The van der Waals surface area contributed by atoms with Crippen molar-refractivity contribution in [2.75, 3.05) is 0 Å². The van der Waals surface area contributed by atoms with Crippen LogP contribution < -0.4 is 5.56 Å². The van der Waals surface area contributed by atoms with Gasteiger partial charge in [0, 0.05) is 23.5 Å². The highest BCUT2D eigenvalue weighted by molar-refractivity contribution is 9.10. The van der Waals surface area contributed by atoms with Gasteiger partial charge in [0.05, 0.1) is 5.52 Å². The second kappa shape index (κ2) is 4.61. The van der Waals surface area contributed by atoms with Crippen LogP contribution in [0.25, 0.3) is 10.9 Å². The summed E-state index contributed by atoms with van der Waals surface area (Å²) < 4.78 is 2.54. The number of benzene rings is 1. The predicted octanol–water partition coefficient (Wildman–Crippen LogP) is 2.35. The molecule has 1 aromatic heterocycles. The van der Waals surface area contributed by atoms with Crippen LogP contribution in [0.2, 0.25) is 0 Å². The molecule has 0 unspecified atom stereocenters. The molecule has 0 amide bonds. The second-order valence-electron chi connectivity index (χ2n) is 3.48. The van der Waals surface area contributed by atoms with E-state index in [1.807, 2.05) is 18.2 Å². The first-order valence-corrected chi connectivity index (χ1v) is 5.74. The van der Waals surface area contributed by atoms with E-state index in [2.05, 4.69) is 15.9 Å². The minimum atomic E-state index is -0.0764. The molecule has 0 spiro atoms. The summed E-state index contributed by atoms with van der Waals surface area (Å²) in [7, 11) is 0. The first kappa shape index (κ1) is 11.1. The summed E-state index contributed by atoms with van der Waals surface area (Å²) >= 11 is 3.37. The molecule has 1 heterocycles. The van der Waals surface area contributed by atoms with Crippen molar-refractivity contribution in [2.24, 2.45) is 0 Å². The van der Waals surface area contributed by atoms with Gasteiger partial charge in [-0.05, 0) is 23.6 Å². The quantitative estimate of drug-likeness (QED) is 0.809. The van der Waals surface area contributed by atoms with E-state index in [1.54, 1.807) is 10.6 Å². The first-order valence-electron chi connectivity index (χ1n) is 4.95. The number of aryl methyl sites for hydroxylation is 1. The Bertz CT molecular complexity index is 589. The SMILES string of the molecule is O=CCCn1c(=O)ccc2ccc(Br)cc21. The van der Waals surface area contributed by atoms with E-state index in [0.717, 1.165) is 21.7 Å². The fourth-order valence-corrected chi connectivity index (χ4v) is 2.02. The number of hydrogen-bond donors (Lipinski definition) is 0. The Morgan fingerprint density at radius 1 is 1.25 bits per heavy atom. The van der Waals surface area contributed by atoms with Crippen molar-refractivity contribution < 1.29 is 4.79 Å². The molecule has 0 bridgehead atoms. The molecule has 0 aliphatic heterocycles. The summed E-state index contributed by atoms with van der Waals surface area (Å²) in [6, 6.07) is 9.08. The molecule has 1 aromatic carbocycles. The van der Waals surface area contributed by atoms with Crippen molar-refractivity contribution in [1.82, 2.24) is 4.57 Å². The van der Waals surface area contributed by atoms with Crippen LogP contribution in [-0.4, -0.2) is 10.9 Å². The molecule has 2 aromatic rings. The molecule has 0 aliphatic carbocycles. The summed E-state index contributed by atoms with van der Waals surface area (Å²) in [5, 5.41) is 0.994. The van der Waals surface area contributed by atoms with E-state index in [1.165, 1.54) is 6.07 Å². The van der Waals surface area contributed by atoms with E-state index in [9.17, 15) is 9.59 Å². The zero-order valence-corrected chi connectivity index (χ0v) is 10.1. The van der Waals surface area contributed by atoms with Gasteiger partial charge in [0.25, 0.3) is 5.56 Å². The molecule has 2 rings (SSSR count). The zero-order valence-electron chi connectivity index (χ0n) is 8.52. The lowest BCUT2D eigenvalue weighted by Gasteiger charge is -2.08. The molecule has 4 heteroatoms. The van der Waals surface area contributed by atoms with Crippen LogP contribution in [-0.2, 0) is 11.3 Å². The van der Waals surface area contributed by atoms with Crippen molar-refractivity contribution in [1.29, 1.82) is 0 Å². The smallest absolute Gasteiger partial charge is 0.251 e. The summed E-state index contributed by atoms with van der Waals surface area (Å²) in [6.07, 6.45) is 1.18. The monoisotopic (exact) mass is 279 g/mol. The van der Waals surface area contributed by atoms with Crippen molar-refractivity contribution in [2.45, 2.75) is 13.0 Å². The molecular weight excluding hydrogens is 270 g/mol. The van der Waals surface area contributed by atoms with Gasteiger partial charge in [0.1, 0.15) is 6.29 Å². The van der Waals surface area contributed by atoms with E-state index in [-0.39, 0.29) is 5.56 Å². The lowest BCUT2D eigenvalue weighted by atomic mass is 10.2. The number of aldehydes is 1. The van der Waals surface area contributed by atoms with Crippen molar-refractivity contribution >= 4 is 33.1 Å². The number of hydrogen-bond acceptors (Lipinski definition) is 2. The average Bonchev–Trinajstić information content (AvgIpc) is 2.28. The Morgan fingerprint density at radius 2 is 2.00 bits per heavy atom. The van der Waals surface area contributed by atoms with Crippen LogP contribution in [0.15, 0.2) is 39.6 Å². The van der Waals surface area contributed by atoms with E-state index in [4.69, 9.17) is 0 Å². The lowest BCUT2D eigenvalue weighted by Crippen LogP contribution is -2.19. The van der Waals surface area contributed by atoms with Gasteiger partial charge in [0.2, 0.25) is 0 Å². The number of nitrogens with zero attached hydrogens (tertiary/aromatic N) is 1. The van der Waals surface area contributed by atoms with Crippen molar-refractivity contribution in [3.05, 3.63) is 45.2 Å². The molecule has 0 saturated heterocycles. The number of carbonyl (C=O) groups is 1. The third kappa shape index (κ3) is 2.07. The van der Waals surface area contributed by atoms with E-state index in [0.29, 0.717) is 13.0 Å². The van der Waals surface area contributed by atoms with E-state index >= 15 is 0 Å². The van der Waals surface area contributed by atoms with E-state index < -0.39 is 0 Å². The standard InChI is InChI=1S/C12H10BrNO2/c13-10-4-2-9-3-5-12(16)14(6-1-7-15)11(9)8-10/h2-5,7-8H,1,6H2. The fraction of sp³-hybridized carbons (Fsp3) is 0.167.